The van der Waals surface area contributed by atoms with Crippen LogP contribution in [0.1, 0.15) is 36.1 Å². The number of nitrogens with zero attached hydrogens (tertiary/aromatic N) is 2. The lowest BCUT2D eigenvalue weighted by molar-refractivity contribution is -0.384. The van der Waals surface area contributed by atoms with Crippen molar-refractivity contribution < 1.29 is 9.72 Å². The van der Waals surface area contributed by atoms with Crippen molar-refractivity contribution in [3.63, 3.8) is 0 Å². The fourth-order valence-corrected chi connectivity index (χ4v) is 3.10. The third-order valence-corrected chi connectivity index (χ3v) is 4.38. The minimum Gasteiger partial charge on any atom is -0.332 e. The lowest BCUT2D eigenvalue weighted by Gasteiger charge is -2.22. The summed E-state index contributed by atoms with van der Waals surface area (Å²) in [5.74, 6) is 0.0835. The number of rotatable bonds is 4. The Hall–Kier alpha value is -2.69. The van der Waals surface area contributed by atoms with Crippen molar-refractivity contribution in [1.29, 1.82) is 0 Å². The summed E-state index contributed by atoms with van der Waals surface area (Å²) in [6, 6.07) is 14.7. The van der Waals surface area contributed by atoms with Gasteiger partial charge in [0.15, 0.2) is 0 Å². The molecule has 3 rings (SSSR count). The second kappa shape index (κ2) is 6.20. The van der Waals surface area contributed by atoms with Gasteiger partial charge in [-0.15, -0.1) is 0 Å². The van der Waals surface area contributed by atoms with Crippen LogP contribution in [-0.2, 0) is 17.8 Å². The van der Waals surface area contributed by atoms with Crippen LogP contribution in [0.15, 0.2) is 48.5 Å². The summed E-state index contributed by atoms with van der Waals surface area (Å²) in [4.78, 5) is 24.8. The molecule has 2 aromatic carbocycles. The summed E-state index contributed by atoms with van der Waals surface area (Å²) in [6.07, 6.45) is 0.875. The van der Waals surface area contributed by atoms with Gasteiger partial charge < -0.3 is 4.90 Å². The predicted molar refractivity (Wildman–Crippen MR) is 86.8 cm³/mol. The summed E-state index contributed by atoms with van der Waals surface area (Å²) >= 11 is 0. The molecule has 0 fully saturated rings. The number of fused-ring (bicyclic) bond motifs is 1. The lowest BCUT2D eigenvalue weighted by Crippen LogP contribution is -2.28. The van der Waals surface area contributed by atoms with Crippen LogP contribution >= 0.6 is 0 Å². The number of benzene rings is 2. The summed E-state index contributed by atoms with van der Waals surface area (Å²) in [5.41, 5.74) is 3.29. The number of amides is 1. The molecule has 0 saturated carbocycles. The molecule has 0 bridgehead atoms. The van der Waals surface area contributed by atoms with E-state index in [1.807, 2.05) is 30.0 Å². The van der Waals surface area contributed by atoms with Crippen molar-refractivity contribution in [3.05, 3.63) is 75.3 Å². The van der Waals surface area contributed by atoms with Crippen molar-refractivity contribution in [3.8, 4) is 0 Å². The van der Waals surface area contributed by atoms with E-state index in [0.717, 1.165) is 5.56 Å². The number of nitro benzene ring substituents is 1. The van der Waals surface area contributed by atoms with E-state index >= 15 is 0 Å². The Morgan fingerprint density at radius 3 is 2.78 bits per heavy atom. The zero-order valence-corrected chi connectivity index (χ0v) is 12.9. The first kappa shape index (κ1) is 15.2. The van der Waals surface area contributed by atoms with E-state index in [0.29, 0.717) is 19.4 Å². The van der Waals surface area contributed by atoms with Gasteiger partial charge in [-0.25, -0.2) is 0 Å². The van der Waals surface area contributed by atoms with Gasteiger partial charge in [-0.3, -0.25) is 14.9 Å². The molecule has 2 aromatic rings. The molecule has 5 heteroatoms. The number of aryl methyl sites for hydroxylation is 1. The molecule has 0 aromatic heterocycles. The van der Waals surface area contributed by atoms with E-state index in [4.69, 9.17) is 0 Å². The molecule has 1 atom stereocenters. The van der Waals surface area contributed by atoms with Gasteiger partial charge in [-0.05, 0) is 30.0 Å². The molecule has 23 heavy (non-hydrogen) atoms. The molecule has 1 aliphatic rings. The van der Waals surface area contributed by atoms with Gasteiger partial charge in [-0.2, -0.15) is 0 Å². The quantitative estimate of drug-likeness (QED) is 0.640. The van der Waals surface area contributed by atoms with Crippen molar-refractivity contribution in [2.45, 2.75) is 32.4 Å². The smallest absolute Gasteiger partial charge is 0.269 e. The second-order valence-corrected chi connectivity index (χ2v) is 5.82. The monoisotopic (exact) mass is 310 g/mol. The molecule has 1 aliphatic heterocycles. The van der Waals surface area contributed by atoms with Crippen molar-refractivity contribution in [2.75, 3.05) is 0 Å². The van der Waals surface area contributed by atoms with Crippen LogP contribution in [0.25, 0.3) is 0 Å². The van der Waals surface area contributed by atoms with Gasteiger partial charge in [0.2, 0.25) is 5.91 Å². The van der Waals surface area contributed by atoms with Gasteiger partial charge in [-0.1, -0.05) is 36.4 Å². The van der Waals surface area contributed by atoms with E-state index in [1.165, 1.54) is 23.3 Å². The van der Waals surface area contributed by atoms with E-state index in [9.17, 15) is 14.9 Å². The largest absolute Gasteiger partial charge is 0.332 e. The highest BCUT2D eigenvalue weighted by Gasteiger charge is 2.29. The van der Waals surface area contributed by atoms with Crippen LogP contribution in [0, 0.1) is 10.1 Å². The van der Waals surface area contributed by atoms with E-state index in [-0.39, 0.29) is 17.6 Å². The topological polar surface area (TPSA) is 63.5 Å². The Kier molecular flexibility index (Phi) is 4.10. The maximum absolute atomic E-state index is 12.5. The molecule has 0 radical (unpaired) electrons. The Morgan fingerprint density at radius 1 is 1.26 bits per heavy atom. The summed E-state index contributed by atoms with van der Waals surface area (Å²) in [5, 5.41) is 10.8. The highest BCUT2D eigenvalue weighted by atomic mass is 16.6. The van der Waals surface area contributed by atoms with Gasteiger partial charge in [0.1, 0.15) is 0 Å². The maximum Gasteiger partial charge on any atom is 0.269 e. The van der Waals surface area contributed by atoms with Crippen LogP contribution in [0.2, 0.25) is 0 Å². The molecule has 1 amide bonds. The van der Waals surface area contributed by atoms with Gasteiger partial charge >= 0.3 is 0 Å². The SMILES string of the molecule is CC1c2ccccc2CN1C(=O)CCc1cccc([N+](=O)[O-])c1. The van der Waals surface area contributed by atoms with E-state index < -0.39 is 4.92 Å². The van der Waals surface area contributed by atoms with Crippen molar-refractivity contribution in [2.24, 2.45) is 0 Å². The molecule has 1 unspecified atom stereocenters. The molecule has 1 heterocycles. The molecule has 5 nitrogen and oxygen atoms in total. The average molecular weight is 310 g/mol. The molecule has 0 aliphatic carbocycles. The highest BCUT2D eigenvalue weighted by molar-refractivity contribution is 5.78. The molecular weight excluding hydrogens is 292 g/mol. The number of hydrogen-bond acceptors (Lipinski definition) is 3. The van der Waals surface area contributed by atoms with Crippen LogP contribution in [0.4, 0.5) is 5.69 Å². The molecule has 0 N–H and O–H groups in total. The minimum absolute atomic E-state index is 0.0666. The minimum atomic E-state index is -0.412. The van der Waals surface area contributed by atoms with Crippen LogP contribution in [0.5, 0.6) is 0 Å². The van der Waals surface area contributed by atoms with E-state index in [1.54, 1.807) is 6.07 Å². The third kappa shape index (κ3) is 3.08. The number of carbonyl (C=O) groups excluding carboxylic acids is 1. The van der Waals surface area contributed by atoms with Crippen LogP contribution in [-0.4, -0.2) is 15.7 Å². The normalized spacial score (nSPS) is 16.2. The zero-order chi connectivity index (χ0) is 16.4. The summed E-state index contributed by atoms with van der Waals surface area (Å²) < 4.78 is 0. The molecule has 0 spiro atoms. The number of carbonyl (C=O) groups is 1. The number of nitro groups is 1. The number of non-ortho nitro benzene ring substituents is 1. The second-order valence-electron chi connectivity index (χ2n) is 5.82. The zero-order valence-electron chi connectivity index (χ0n) is 12.9. The molecule has 0 saturated heterocycles. The van der Waals surface area contributed by atoms with Gasteiger partial charge in [0.25, 0.3) is 5.69 Å². The fraction of sp³-hybridized carbons (Fsp3) is 0.278. The number of hydrogen-bond donors (Lipinski definition) is 0. The predicted octanol–water partition coefficient (Wildman–Crippen LogP) is 3.63. The first-order valence-corrected chi connectivity index (χ1v) is 7.67. The summed E-state index contributed by atoms with van der Waals surface area (Å²) in [7, 11) is 0. The lowest BCUT2D eigenvalue weighted by atomic mass is 10.1. The first-order valence-electron chi connectivity index (χ1n) is 7.67. The van der Waals surface area contributed by atoms with Crippen molar-refractivity contribution >= 4 is 11.6 Å². The average Bonchev–Trinajstić information content (AvgIpc) is 2.90. The van der Waals surface area contributed by atoms with Crippen molar-refractivity contribution in [1.82, 2.24) is 4.90 Å². The Labute approximate surface area is 134 Å². The fourth-order valence-electron chi connectivity index (χ4n) is 3.10. The molecule has 118 valence electrons. The maximum atomic E-state index is 12.5. The highest BCUT2D eigenvalue weighted by Crippen LogP contribution is 2.33. The van der Waals surface area contributed by atoms with Gasteiger partial charge in [0, 0.05) is 25.1 Å². The standard InChI is InChI=1S/C18H18N2O3/c1-13-17-8-3-2-6-15(17)12-19(13)18(21)10-9-14-5-4-7-16(11-14)20(22)23/h2-8,11,13H,9-10,12H2,1H3. The Bertz CT molecular complexity index is 757. The molecular formula is C18H18N2O3. The van der Waals surface area contributed by atoms with E-state index in [2.05, 4.69) is 12.1 Å². The van der Waals surface area contributed by atoms with Crippen LogP contribution in [0.3, 0.4) is 0 Å². The summed E-state index contributed by atoms with van der Waals surface area (Å²) in [6.45, 7) is 2.68. The first-order chi connectivity index (χ1) is 11.1. The van der Waals surface area contributed by atoms with Crippen LogP contribution < -0.4 is 0 Å². The Morgan fingerprint density at radius 2 is 2.04 bits per heavy atom. The van der Waals surface area contributed by atoms with Gasteiger partial charge in [0.05, 0.1) is 11.0 Å². The Balaban J connectivity index is 1.65. The third-order valence-electron chi connectivity index (χ3n) is 4.38.